The van der Waals surface area contributed by atoms with Crippen LogP contribution in [0.2, 0.25) is 0 Å². The molecular formula is C14H11FO4S. The number of hydrogen-bond donors (Lipinski definition) is 0. The standard InChI is InChI=1S/C14H11FO4S/c1-10(16)11-2-4-12(5-3-11)13-6-8-14(9-7-13)19-20(15,17)18/h2-9H,1H3. The molecule has 20 heavy (non-hydrogen) atoms. The Morgan fingerprint density at radius 2 is 1.40 bits per heavy atom. The zero-order valence-corrected chi connectivity index (χ0v) is 11.4. The summed E-state index contributed by atoms with van der Waals surface area (Å²) in [4.78, 5) is 11.2. The minimum absolute atomic E-state index is 0.0200. The average Bonchev–Trinajstić information content (AvgIpc) is 2.38. The molecule has 0 aliphatic heterocycles. The van der Waals surface area contributed by atoms with Crippen LogP contribution in [-0.4, -0.2) is 14.2 Å². The average molecular weight is 294 g/mol. The van der Waals surface area contributed by atoms with Crippen molar-refractivity contribution in [1.82, 2.24) is 0 Å². The van der Waals surface area contributed by atoms with Crippen LogP contribution in [0.15, 0.2) is 48.5 Å². The molecule has 0 atom stereocenters. The van der Waals surface area contributed by atoms with Crippen molar-refractivity contribution in [3.63, 3.8) is 0 Å². The third-order valence-electron chi connectivity index (χ3n) is 2.67. The van der Waals surface area contributed by atoms with Gasteiger partial charge in [0.05, 0.1) is 0 Å². The van der Waals surface area contributed by atoms with Crippen LogP contribution in [0.25, 0.3) is 11.1 Å². The van der Waals surface area contributed by atoms with Crippen LogP contribution in [0.1, 0.15) is 17.3 Å². The fraction of sp³-hybridized carbons (Fsp3) is 0.0714. The molecule has 0 radical (unpaired) electrons. The first kappa shape index (κ1) is 14.2. The van der Waals surface area contributed by atoms with E-state index in [2.05, 4.69) is 4.18 Å². The molecule has 0 spiro atoms. The van der Waals surface area contributed by atoms with Gasteiger partial charge in [-0.15, -0.1) is 0 Å². The molecule has 0 aliphatic carbocycles. The van der Waals surface area contributed by atoms with Gasteiger partial charge in [0.15, 0.2) is 5.78 Å². The highest BCUT2D eigenvalue weighted by Gasteiger charge is 2.09. The molecule has 0 saturated carbocycles. The summed E-state index contributed by atoms with van der Waals surface area (Å²) < 4.78 is 37.1. The van der Waals surface area contributed by atoms with Crippen LogP contribution in [0.4, 0.5) is 3.89 Å². The molecule has 0 aromatic heterocycles. The van der Waals surface area contributed by atoms with E-state index in [0.717, 1.165) is 11.1 Å². The van der Waals surface area contributed by atoms with Gasteiger partial charge >= 0.3 is 10.5 Å². The summed E-state index contributed by atoms with van der Waals surface area (Å²) in [5.41, 5.74) is 2.26. The molecule has 0 amide bonds. The van der Waals surface area contributed by atoms with E-state index in [1.165, 1.54) is 19.1 Å². The Labute approximate surface area is 116 Å². The van der Waals surface area contributed by atoms with E-state index in [9.17, 15) is 17.1 Å². The Morgan fingerprint density at radius 1 is 0.950 bits per heavy atom. The number of rotatable bonds is 4. The molecule has 4 nitrogen and oxygen atoms in total. The van der Waals surface area contributed by atoms with E-state index in [1.807, 2.05) is 0 Å². The van der Waals surface area contributed by atoms with Crippen LogP contribution < -0.4 is 4.18 Å². The fourth-order valence-corrected chi connectivity index (χ4v) is 2.06. The van der Waals surface area contributed by atoms with Crippen molar-refractivity contribution in [2.75, 3.05) is 0 Å². The second-order valence-electron chi connectivity index (χ2n) is 4.13. The minimum atomic E-state index is -5.01. The van der Waals surface area contributed by atoms with Crippen molar-refractivity contribution in [3.8, 4) is 16.9 Å². The largest absolute Gasteiger partial charge is 0.488 e. The van der Waals surface area contributed by atoms with Crippen molar-refractivity contribution >= 4 is 16.3 Å². The van der Waals surface area contributed by atoms with E-state index in [0.29, 0.717) is 5.56 Å². The Hall–Kier alpha value is -2.21. The molecule has 0 fully saturated rings. The minimum Gasteiger partial charge on any atom is -0.358 e. The lowest BCUT2D eigenvalue weighted by Gasteiger charge is -2.04. The van der Waals surface area contributed by atoms with E-state index in [-0.39, 0.29) is 11.5 Å². The summed E-state index contributed by atoms with van der Waals surface area (Å²) in [6.45, 7) is 1.48. The number of ketones is 1. The van der Waals surface area contributed by atoms with Crippen LogP contribution in [0.5, 0.6) is 5.75 Å². The molecule has 0 unspecified atom stereocenters. The number of carbonyl (C=O) groups is 1. The maximum atomic E-state index is 12.3. The summed E-state index contributed by atoms with van der Waals surface area (Å²) in [6.07, 6.45) is 0. The highest BCUT2D eigenvalue weighted by atomic mass is 32.3. The first-order valence-corrected chi connectivity index (χ1v) is 7.01. The van der Waals surface area contributed by atoms with Crippen molar-refractivity contribution in [3.05, 3.63) is 54.1 Å². The molecule has 0 saturated heterocycles. The quantitative estimate of drug-likeness (QED) is 0.642. The van der Waals surface area contributed by atoms with Gasteiger partial charge in [-0.1, -0.05) is 40.3 Å². The van der Waals surface area contributed by atoms with Crippen LogP contribution >= 0.6 is 0 Å². The van der Waals surface area contributed by atoms with Crippen LogP contribution in [0, 0.1) is 0 Å². The van der Waals surface area contributed by atoms with E-state index >= 15 is 0 Å². The fourth-order valence-electron chi connectivity index (χ4n) is 1.72. The van der Waals surface area contributed by atoms with Gasteiger partial charge in [0, 0.05) is 5.56 Å². The van der Waals surface area contributed by atoms with Gasteiger partial charge in [-0.2, -0.15) is 8.42 Å². The highest BCUT2D eigenvalue weighted by molar-refractivity contribution is 7.81. The van der Waals surface area contributed by atoms with Gasteiger partial charge in [0.25, 0.3) is 0 Å². The predicted octanol–water partition coefficient (Wildman–Crippen LogP) is 3.15. The molecule has 104 valence electrons. The number of benzene rings is 2. The summed E-state index contributed by atoms with van der Waals surface area (Å²) in [7, 11) is -5.01. The maximum absolute atomic E-state index is 12.3. The number of Topliss-reactive ketones (excluding diaryl/α,β-unsaturated/α-hetero) is 1. The van der Waals surface area contributed by atoms with Crippen molar-refractivity contribution in [1.29, 1.82) is 0 Å². The molecule has 0 heterocycles. The van der Waals surface area contributed by atoms with Crippen molar-refractivity contribution in [2.24, 2.45) is 0 Å². The van der Waals surface area contributed by atoms with E-state index in [4.69, 9.17) is 0 Å². The second kappa shape index (κ2) is 5.42. The highest BCUT2D eigenvalue weighted by Crippen LogP contribution is 2.23. The zero-order valence-electron chi connectivity index (χ0n) is 10.5. The van der Waals surface area contributed by atoms with Gasteiger partial charge in [-0.3, -0.25) is 4.79 Å². The Balaban J connectivity index is 2.23. The molecule has 2 rings (SSSR count). The lowest BCUT2D eigenvalue weighted by Crippen LogP contribution is -2.00. The summed E-state index contributed by atoms with van der Waals surface area (Å²) >= 11 is 0. The monoisotopic (exact) mass is 294 g/mol. The van der Waals surface area contributed by atoms with Gasteiger partial charge in [0.1, 0.15) is 5.75 Å². The summed E-state index contributed by atoms with van der Waals surface area (Å²) in [6, 6.07) is 12.9. The smallest absolute Gasteiger partial charge is 0.358 e. The van der Waals surface area contributed by atoms with Gasteiger partial charge in [0.2, 0.25) is 0 Å². The van der Waals surface area contributed by atoms with Crippen molar-refractivity contribution < 1.29 is 21.3 Å². The van der Waals surface area contributed by atoms with Crippen molar-refractivity contribution in [2.45, 2.75) is 6.92 Å². The second-order valence-corrected chi connectivity index (χ2v) is 5.09. The topological polar surface area (TPSA) is 60.4 Å². The number of hydrogen-bond acceptors (Lipinski definition) is 4. The van der Waals surface area contributed by atoms with Gasteiger partial charge in [-0.25, -0.2) is 0 Å². The van der Waals surface area contributed by atoms with E-state index in [1.54, 1.807) is 36.4 Å². The van der Waals surface area contributed by atoms with Crippen LogP contribution in [-0.2, 0) is 10.5 Å². The molecule has 0 N–H and O–H groups in total. The van der Waals surface area contributed by atoms with E-state index < -0.39 is 10.5 Å². The lowest BCUT2D eigenvalue weighted by atomic mass is 10.0. The SMILES string of the molecule is CC(=O)c1ccc(-c2ccc(OS(=O)(=O)F)cc2)cc1. The first-order valence-electron chi connectivity index (χ1n) is 5.71. The molecule has 0 aliphatic rings. The Bertz CT molecular complexity index is 719. The van der Waals surface area contributed by atoms with Gasteiger partial charge < -0.3 is 4.18 Å². The predicted molar refractivity (Wildman–Crippen MR) is 72.5 cm³/mol. The van der Waals surface area contributed by atoms with Crippen LogP contribution in [0.3, 0.4) is 0 Å². The summed E-state index contributed by atoms with van der Waals surface area (Å²) in [5, 5.41) is 0. The number of carbonyl (C=O) groups excluding carboxylic acids is 1. The normalized spacial score (nSPS) is 11.1. The third kappa shape index (κ3) is 3.64. The molecule has 2 aromatic carbocycles. The Kier molecular flexibility index (Phi) is 3.85. The molecular weight excluding hydrogens is 283 g/mol. The zero-order chi connectivity index (χ0) is 14.8. The maximum Gasteiger partial charge on any atom is 0.488 e. The molecule has 2 aromatic rings. The summed E-state index contributed by atoms with van der Waals surface area (Å²) in [5.74, 6) is -0.120. The first-order chi connectivity index (χ1) is 9.35. The third-order valence-corrected chi connectivity index (χ3v) is 3.07. The molecule has 0 bridgehead atoms. The lowest BCUT2D eigenvalue weighted by molar-refractivity contribution is 0.101. The number of halogens is 1. The Morgan fingerprint density at radius 3 is 1.80 bits per heavy atom. The van der Waals surface area contributed by atoms with Gasteiger partial charge in [-0.05, 0) is 30.2 Å². The molecule has 6 heteroatoms.